The van der Waals surface area contributed by atoms with Crippen molar-refractivity contribution in [2.75, 3.05) is 7.11 Å². The summed E-state index contributed by atoms with van der Waals surface area (Å²) in [5.41, 5.74) is 2.17. The lowest BCUT2D eigenvalue weighted by atomic mass is 9.97. The number of aromatic hydroxyl groups is 1. The molecule has 0 saturated carbocycles. The molecule has 0 aromatic heterocycles. The summed E-state index contributed by atoms with van der Waals surface area (Å²) in [5, 5.41) is 21.6. The summed E-state index contributed by atoms with van der Waals surface area (Å²) in [6, 6.07) is 19.4. The maximum atomic E-state index is 9.82. The Kier molecular flexibility index (Phi) is 4.54. The fraction of sp³-hybridized carbons (Fsp3) is 0.0500. The predicted octanol–water partition coefficient (Wildman–Crippen LogP) is 5.38. The fourth-order valence-corrected chi connectivity index (χ4v) is 3.06. The van der Waals surface area contributed by atoms with Crippen LogP contribution in [0.15, 0.2) is 59.1 Å². The molecule has 0 saturated heterocycles. The Balaban J connectivity index is 2.19. The Morgan fingerprint density at radius 2 is 1.92 bits per heavy atom. The van der Waals surface area contributed by atoms with E-state index in [2.05, 4.69) is 22.0 Å². The molecule has 0 heterocycles. The zero-order valence-electron chi connectivity index (χ0n) is 13.0. The van der Waals surface area contributed by atoms with Gasteiger partial charge in [0.1, 0.15) is 0 Å². The molecular weight excluding hydrogens is 366 g/mol. The van der Waals surface area contributed by atoms with Crippen molar-refractivity contribution in [3.05, 3.63) is 70.2 Å². The number of methoxy groups -OCH3 is 1. The van der Waals surface area contributed by atoms with Gasteiger partial charge in [-0.3, -0.25) is 0 Å². The van der Waals surface area contributed by atoms with Crippen LogP contribution in [0.25, 0.3) is 22.4 Å². The summed E-state index contributed by atoms with van der Waals surface area (Å²) < 4.78 is 5.84. The van der Waals surface area contributed by atoms with Gasteiger partial charge in [-0.2, -0.15) is 5.26 Å². The molecule has 3 rings (SSSR count). The molecule has 3 nitrogen and oxygen atoms in total. The Morgan fingerprint density at radius 1 is 1.17 bits per heavy atom. The van der Waals surface area contributed by atoms with Gasteiger partial charge in [0.25, 0.3) is 0 Å². The molecule has 3 aromatic rings. The molecule has 0 bridgehead atoms. The SMILES string of the molecule is COc1cc(/C=C(\C#N)c2cccc3ccccc23)c(Br)cc1O. The van der Waals surface area contributed by atoms with Gasteiger partial charge >= 0.3 is 0 Å². The zero-order valence-corrected chi connectivity index (χ0v) is 14.5. The smallest absolute Gasteiger partial charge is 0.161 e. The molecule has 0 unspecified atom stereocenters. The first kappa shape index (κ1) is 16.1. The number of rotatable bonds is 3. The van der Waals surface area contributed by atoms with Gasteiger partial charge in [0.2, 0.25) is 0 Å². The lowest BCUT2D eigenvalue weighted by molar-refractivity contribution is 0.373. The van der Waals surface area contributed by atoms with Gasteiger partial charge in [-0.05, 0) is 34.5 Å². The molecular formula is C20H14BrNO2. The summed E-state index contributed by atoms with van der Waals surface area (Å²) in [7, 11) is 1.49. The van der Waals surface area contributed by atoms with Crippen molar-refractivity contribution < 1.29 is 9.84 Å². The second-order valence-electron chi connectivity index (χ2n) is 5.24. The van der Waals surface area contributed by atoms with Crippen LogP contribution in [0.5, 0.6) is 11.5 Å². The zero-order chi connectivity index (χ0) is 17.1. The van der Waals surface area contributed by atoms with E-state index in [1.54, 1.807) is 18.2 Å². The van der Waals surface area contributed by atoms with Gasteiger partial charge in [-0.15, -0.1) is 0 Å². The van der Waals surface area contributed by atoms with Gasteiger partial charge in [-0.25, -0.2) is 0 Å². The summed E-state index contributed by atoms with van der Waals surface area (Å²) in [6.07, 6.45) is 1.79. The van der Waals surface area contributed by atoms with Gasteiger partial charge in [0, 0.05) is 10.0 Å². The van der Waals surface area contributed by atoms with E-state index in [4.69, 9.17) is 4.74 Å². The first-order chi connectivity index (χ1) is 11.6. The largest absolute Gasteiger partial charge is 0.504 e. The van der Waals surface area contributed by atoms with Crippen LogP contribution >= 0.6 is 15.9 Å². The maximum absolute atomic E-state index is 9.82. The van der Waals surface area contributed by atoms with Gasteiger partial charge in [0.05, 0.1) is 18.8 Å². The van der Waals surface area contributed by atoms with Crippen LogP contribution in [0.2, 0.25) is 0 Å². The number of hydrogen-bond acceptors (Lipinski definition) is 3. The number of hydrogen-bond donors (Lipinski definition) is 1. The minimum Gasteiger partial charge on any atom is -0.504 e. The number of ether oxygens (including phenoxy) is 1. The second-order valence-corrected chi connectivity index (χ2v) is 6.10. The normalized spacial score (nSPS) is 11.3. The molecule has 0 fully saturated rings. The number of benzene rings is 3. The van der Waals surface area contributed by atoms with Crippen molar-refractivity contribution in [1.29, 1.82) is 5.26 Å². The van der Waals surface area contributed by atoms with E-state index in [0.29, 0.717) is 15.8 Å². The molecule has 0 aliphatic carbocycles. The van der Waals surface area contributed by atoms with E-state index in [9.17, 15) is 10.4 Å². The molecule has 0 amide bonds. The number of allylic oxidation sites excluding steroid dienone is 1. The molecule has 24 heavy (non-hydrogen) atoms. The van der Waals surface area contributed by atoms with Crippen molar-refractivity contribution in [1.82, 2.24) is 0 Å². The summed E-state index contributed by atoms with van der Waals surface area (Å²) >= 11 is 3.42. The Morgan fingerprint density at radius 3 is 2.67 bits per heavy atom. The van der Waals surface area contributed by atoms with Crippen molar-refractivity contribution in [2.24, 2.45) is 0 Å². The molecule has 0 spiro atoms. The lowest BCUT2D eigenvalue weighted by Gasteiger charge is -2.09. The molecule has 4 heteroatoms. The highest BCUT2D eigenvalue weighted by atomic mass is 79.9. The van der Waals surface area contributed by atoms with E-state index in [-0.39, 0.29) is 5.75 Å². The molecule has 0 radical (unpaired) electrons. The highest BCUT2D eigenvalue weighted by Gasteiger charge is 2.10. The van der Waals surface area contributed by atoms with Crippen molar-refractivity contribution in [3.8, 4) is 17.6 Å². The number of halogens is 1. The van der Waals surface area contributed by atoms with Gasteiger partial charge in [0.15, 0.2) is 11.5 Å². The van der Waals surface area contributed by atoms with Crippen molar-refractivity contribution >= 4 is 38.4 Å². The van der Waals surface area contributed by atoms with Crippen LogP contribution < -0.4 is 4.74 Å². The molecule has 0 aliphatic rings. The van der Waals surface area contributed by atoms with Crippen LogP contribution in [0.1, 0.15) is 11.1 Å². The third kappa shape index (κ3) is 2.99. The van der Waals surface area contributed by atoms with E-state index < -0.39 is 0 Å². The van der Waals surface area contributed by atoms with E-state index in [0.717, 1.165) is 21.9 Å². The van der Waals surface area contributed by atoms with Crippen LogP contribution in [0.4, 0.5) is 0 Å². The molecule has 0 atom stereocenters. The number of nitriles is 1. The minimum atomic E-state index is 0.0465. The molecule has 1 N–H and O–H groups in total. The van der Waals surface area contributed by atoms with Crippen molar-refractivity contribution in [2.45, 2.75) is 0 Å². The van der Waals surface area contributed by atoms with Gasteiger partial charge < -0.3 is 9.84 Å². The summed E-state index contributed by atoms with van der Waals surface area (Å²) in [6.45, 7) is 0. The topological polar surface area (TPSA) is 53.2 Å². The third-order valence-corrected chi connectivity index (χ3v) is 4.49. The standard InChI is InChI=1S/C20H14BrNO2/c1-24-20-10-14(18(21)11-19(20)23)9-15(12-22)17-8-4-6-13-5-2-3-7-16(13)17/h2-11,23H,1H3/b15-9+. The number of fused-ring (bicyclic) bond motifs is 1. The maximum Gasteiger partial charge on any atom is 0.161 e. The fourth-order valence-electron chi connectivity index (χ4n) is 2.62. The first-order valence-corrected chi connectivity index (χ1v) is 8.09. The van der Waals surface area contributed by atoms with Gasteiger partial charge in [-0.1, -0.05) is 58.4 Å². The Labute approximate surface area is 148 Å². The van der Waals surface area contributed by atoms with E-state index in [1.165, 1.54) is 7.11 Å². The lowest BCUT2D eigenvalue weighted by Crippen LogP contribution is -1.88. The first-order valence-electron chi connectivity index (χ1n) is 7.30. The van der Waals surface area contributed by atoms with Crippen LogP contribution in [-0.4, -0.2) is 12.2 Å². The average molecular weight is 380 g/mol. The summed E-state index contributed by atoms with van der Waals surface area (Å²) in [5.74, 6) is 0.407. The molecule has 118 valence electrons. The highest BCUT2D eigenvalue weighted by molar-refractivity contribution is 9.10. The molecule has 3 aromatic carbocycles. The van der Waals surface area contributed by atoms with E-state index in [1.807, 2.05) is 42.5 Å². The van der Waals surface area contributed by atoms with Crippen molar-refractivity contribution in [3.63, 3.8) is 0 Å². The van der Waals surface area contributed by atoms with Crippen LogP contribution in [0, 0.1) is 11.3 Å². The summed E-state index contributed by atoms with van der Waals surface area (Å²) in [4.78, 5) is 0. The van der Waals surface area contributed by atoms with Crippen LogP contribution in [0.3, 0.4) is 0 Å². The number of phenols is 1. The minimum absolute atomic E-state index is 0.0465. The third-order valence-electron chi connectivity index (χ3n) is 3.80. The number of phenolic OH excluding ortho intramolecular Hbond substituents is 1. The molecule has 0 aliphatic heterocycles. The Hall–Kier alpha value is -2.77. The average Bonchev–Trinajstić information content (AvgIpc) is 2.61. The Bertz CT molecular complexity index is 981. The number of nitrogens with zero attached hydrogens (tertiary/aromatic N) is 1. The predicted molar refractivity (Wildman–Crippen MR) is 99.8 cm³/mol. The highest BCUT2D eigenvalue weighted by Crippen LogP contribution is 2.35. The second kappa shape index (κ2) is 6.77. The monoisotopic (exact) mass is 379 g/mol. The van der Waals surface area contributed by atoms with E-state index >= 15 is 0 Å². The van der Waals surface area contributed by atoms with Crippen LogP contribution in [-0.2, 0) is 0 Å². The quantitative estimate of drug-likeness (QED) is 0.490.